The molecular weight excluding hydrogens is 164 g/mol. The molecule has 0 fully saturated rings. The van der Waals surface area contributed by atoms with Crippen LogP contribution in [0.5, 0.6) is 0 Å². The van der Waals surface area contributed by atoms with Crippen molar-refractivity contribution in [2.45, 2.75) is 19.4 Å². The van der Waals surface area contributed by atoms with Gasteiger partial charge in [-0.05, 0) is 25.0 Å². The van der Waals surface area contributed by atoms with Crippen molar-refractivity contribution in [2.24, 2.45) is 5.73 Å². The monoisotopic (exact) mass is 176 g/mol. The minimum absolute atomic E-state index is 0.186. The van der Waals surface area contributed by atoms with Crippen LogP contribution in [0.25, 0.3) is 5.52 Å². The van der Waals surface area contributed by atoms with E-state index in [0.717, 1.165) is 11.9 Å². The fourth-order valence-electron chi connectivity index (χ4n) is 1.40. The van der Waals surface area contributed by atoms with Crippen LogP contribution in [0.4, 0.5) is 0 Å². The number of rotatable bonds is 2. The predicted molar refractivity (Wildman–Crippen MR) is 50.3 cm³/mol. The molecule has 68 valence electrons. The fourth-order valence-corrected chi connectivity index (χ4v) is 1.40. The van der Waals surface area contributed by atoms with Gasteiger partial charge in [-0.1, -0.05) is 0 Å². The summed E-state index contributed by atoms with van der Waals surface area (Å²) in [5, 5.41) is 4.07. The third-order valence-electron chi connectivity index (χ3n) is 1.89. The minimum atomic E-state index is 0.186. The fraction of sp³-hybridized carbons (Fsp3) is 0.333. The summed E-state index contributed by atoms with van der Waals surface area (Å²) in [6.07, 6.45) is 6.18. The number of aromatic nitrogens is 3. The smallest absolute Gasteiger partial charge is 0.136 e. The van der Waals surface area contributed by atoms with E-state index in [0.29, 0.717) is 0 Å². The van der Waals surface area contributed by atoms with E-state index in [-0.39, 0.29) is 6.04 Å². The Balaban J connectivity index is 2.38. The molecule has 2 aromatic rings. The maximum absolute atomic E-state index is 5.70. The molecule has 2 rings (SSSR count). The Hall–Kier alpha value is -1.42. The lowest BCUT2D eigenvalue weighted by atomic mass is 10.1. The zero-order valence-electron chi connectivity index (χ0n) is 7.51. The standard InChI is InChI=1S/C9H12N4/c1-7(10)2-8-3-9-4-11-6-12-13(9)5-8/h3-7H,2,10H2,1H3. The molecule has 0 aliphatic carbocycles. The van der Waals surface area contributed by atoms with Crippen LogP contribution in [0.3, 0.4) is 0 Å². The van der Waals surface area contributed by atoms with Gasteiger partial charge in [0.2, 0.25) is 0 Å². The van der Waals surface area contributed by atoms with Crippen molar-refractivity contribution in [3.63, 3.8) is 0 Å². The molecule has 2 heterocycles. The van der Waals surface area contributed by atoms with Crippen LogP contribution < -0.4 is 5.73 Å². The lowest BCUT2D eigenvalue weighted by Gasteiger charge is -1.99. The van der Waals surface area contributed by atoms with Gasteiger partial charge >= 0.3 is 0 Å². The molecule has 1 unspecified atom stereocenters. The van der Waals surface area contributed by atoms with E-state index in [9.17, 15) is 0 Å². The minimum Gasteiger partial charge on any atom is -0.328 e. The number of hydrogen-bond donors (Lipinski definition) is 1. The van der Waals surface area contributed by atoms with Gasteiger partial charge in [0.15, 0.2) is 0 Å². The molecule has 0 spiro atoms. The van der Waals surface area contributed by atoms with Crippen molar-refractivity contribution >= 4 is 5.52 Å². The molecule has 0 saturated carbocycles. The van der Waals surface area contributed by atoms with Gasteiger partial charge in [0.1, 0.15) is 6.33 Å². The zero-order chi connectivity index (χ0) is 9.26. The molecule has 0 bridgehead atoms. The van der Waals surface area contributed by atoms with E-state index in [2.05, 4.69) is 16.1 Å². The van der Waals surface area contributed by atoms with Crippen LogP contribution in [0, 0.1) is 0 Å². The Kier molecular flexibility index (Phi) is 1.98. The summed E-state index contributed by atoms with van der Waals surface area (Å²) >= 11 is 0. The first-order valence-corrected chi connectivity index (χ1v) is 4.28. The number of nitrogens with zero attached hydrogens (tertiary/aromatic N) is 3. The Morgan fingerprint density at radius 1 is 1.62 bits per heavy atom. The molecule has 0 saturated heterocycles. The molecule has 13 heavy (non-hydrogen) atoms. The molecule has 0 aromatic carbocycles. The van der Waals surface area contributed by atoms with Crippen molar-refractivity contribution in [2.75, 3.05) is 0 Å². The van der Waals surface area contributed by atoms with Crippen LogP contribution in [0.2, 0.25) is 0 Å². The summed E-state index contributed by atoms with van der Waals surface area (Å²) in [6.45, 7) is 1.99. The third-order valence-corrected chi connectivity index (χ3v) is 1.89. The number of hydrogen-bond acceptors (Lipinski definition) is 3. The molecule has 2 N–H and O–H groups in total. The number of fused-ring (bicyclic) bond motifs is 1. The first-order valence-electron chi connectivity index (χ1n) is 4.28. The lowest BCUT2D eigenvalue weighted by Crippen LogP contribution is -2.17. The Bertz CT molecular complexity index is 372. The second kappa shape index (κ2) is 3.14. The van der Waals surface area contributed by atoms with Crippen molar-refractivity contribution in [1.82, 2.24) is 14.6 Å². The molecule has 0 amide bonds. The highest BCUT2D eigenvalue weighted by Gasteiger charge is 2.01. The van der Waals surface area contributed by atoms with Crippen molar-refractivity contribution in [3.8, 4) is 0 Å². The zero-order valence-corrected chi connectivity index (χ0v) is 7.51. The van der Waals surface area contributed by atoms with E-state index in [4.69, 9.17) is 5.73 Å². The summed E-state index contributed by atoms with van der Waals surface area (Å²) in [5.41, 5.74) is 7.92. The molecule has 0 radical (unpaired) electrons. The topological polar surface area (TPSA) is 56.2 Å². The van der Waals surface area contributed by atoms with Gasteiger partial charge in [0, 0.05) is 12.2 Å². The van der Waals surface area contributed by atoms with Crippen molar-refractivity contribution in [1.29, 1.82) is 0 Å². The second-order valence-corrected chi connectivity index (χ2v) is 3.31. The average Bonchev–Trinajstić information content (AvgIpc) is 2.44. The Morgan fingerprint density at radius 2 is 2.46 bits per heavy atom. The quantitative estimate of drug-likeness (QED) is 0.729. The van der Waals surface area contributed by atoms with Gasteiger partial charge in [-0.25, -0.2) is 9.50 Å². The van der Waals surface area contributed by atoms with Crippen LogP contribution in [0.15, 0.2) is 24.8 Å². The van der Waals surface area contributed by atoms with Gasteiger partial charge in [-0.3, -0.25) is 0 Å². The van der Waals surface area contributed by atoms with Gasteiger partial charge in [0.25, 0.3) is 0 Å². The molecule has 0 aliphatic rings. The predicted octanol–water partition coefficient (Wildman–Crippen LogP) is 0.619. The van der Waals surface area contributed by atoms with Gasteiger partial charge in [-0.2, -0.15) is 5.10 Å². The van der Waals surface area contributed by atoms with E-state index >= 15 is 0 Å². The molecule has 4 heteroatoms. The van der Waals surface area contributed by atoms with E-state index < -0.39 is 0 Å². The second-order valence-electron chi connectivity index (χ2n) is 3.31. The Morgan fingerprint density at radius 3 is 3.15 bits per heavy atom. The summed E-state index contributed by atoms with van der Waals surface area (Å²) in [7, 11) is 0. The van der Waals surface area contributed by atoms with Crippen LogP contribution >= 0.6 is 0 Å². The largest absolute Gasteiger partial charge is 0.328 e. The van der Waals surface area contributed by atoms with Crippen LogP contribution in [0.1, 0.15) is 12.5 Å². The molecule has 0 aliphatic heterocycles. The highest BCUT2D eigenvalue weighted by Crippen LogP contribution is 2.08. The summed E-state index contributed by atoms with van der Waals surface area (Å²) < 4.78 is 1.81. The van der Waals surface area contributed by atoms with Gasteiger partial charge in [-0.15, -0.1) is 0 Å². The summed E-state index contributed by atoms with van der Waals surface area (Å²) in [5.74, 6) is 0. The highest BCUT2D eigenvalue weighted by atomic mass is 15.2. The van der Waals surface area contributed by atoms with Crippen molar-refractivity contribution < 1.29 is 0 Å². The van der Waals surface area contributed by atoms with E-state index in [1.54, 1.807) is 6.20 Å². The molecule has 4 nitrogen and oxygen atoms in total. The molecular formula is C9H12N4. The van der Waals surface area contributed by atoms with Crippen molar-refractivity contribution in [3.05, 3.63) is 30.4 Å². The van der Waals surface area contributed by atoms with Gasteiger partial charge in [0.05, 0.1) is 11.7 Å². The maximum atomic E-state index is 5.70. The molecule has 1 atom stereocenters. The average molecular weight is 176 g/mol. The molecule has 2 aromatic heterocycles. The summed E-state index contributed by atoms with van der Waals surface area (Å²) in [6, 6.07) is 2.24. The van der Waals surface area contributed by atoms with Gasteiger partial charge < -0.3 is 5.73 Å². The normalized spacial score (nSPS) is 13.4. The Labute approximate surface area is 76.4 Å². The van der Waals surface area contributed by atoms with E-state index in [1.165, 1.54) is 11.9 Å². The first-order chi connectivity index (χ1) is 6.25. The third kappa shape index (κ3) is 1.67. The SMILES string of the molecule is CC(N)Cc1cc2cncnn2c1. The van der Waals surface area contributed by atoms with Crippen LogP contribution in [-0.4, -0.2) is 20.6 Å². The summed E-state index contributed by atoms with van der Waals surface area (Å²) in [4.78, 5) is 3.94. The highest BCUT2D eigenvalue weighted by molar-refractivity contribution is 5.46. The van der Waals surface area contributed by atoms with E-state index in [1.807, 2.05) is 17.6 Å². The maximum Gasteiger partial charge on any atom is 0.136 e. The van der Waals surface area contributed by atoms with Crippen LogP contribution in [-0.2, 0) is 6.42 Å². The first kappa shape index (κ1) is 8.19. The lowest BCUT2D eigenvalue weighted by molar-refractivity contribution is 0.736. The number of nitrogens with two attached hydrogens (primary N) is 1.